The molecule has 1 aliphatic heterocycles. The van der Waals surface area contributed by atoms with Gasteiger partial charge in [0, 0.05) is 31.3 Å². The highest BCUT2D eigenvalue weighted by molar-refractivity contribution is 5.59. The van der Waals surface area contributed by atoms with Crippen molar-refractivity contribution in [1.82, 2.24) is 14.5 Å². The first-order chi connectivity index (χ1) is 14.6. The van der Waals surface area contributed by atoms with Gasteiger partial charge in [0.15, 0.2) is 0 Å². The Balaban J connectivity index is 1.79. The summed E-state index contributed by atoms with van der Waals surface area (Å²) in [7, 11) is 1.70. The van der Waals surface area contributed by atoms with Crippen LogP contribution in [-0.4, -0.2) is 41.4 Å². The Morgan fingerprint density at radius 1 is 1.03 bits per heavy atom. The molecule has 0 saturated heterocycles. The molecule has 0 fully saturated rings. The zero-order chi connectivity index (χ0) is 21.1. The number of hydrogen-bond donors (Lipinski definition) is 0. The maximum absolute atomic E-state index is 13.5. The van der Waals surface area contributed by atoms with E-state index in [0.717, 1.165) is 29.1 Å². The van der Waals surface area contributed by atoms with Crippen LogP contribution < -0.4 is 10.5 Å². The third kappa shape index (κ3) is 4.15. The van der Waals surface area contributed by atoms with E-state index in [0.29, 0.717) is 32.3 Å². The number of nitrogens with zero attached hydrogens (tertiary/aromatic N) is 4. The van der Waals surface area contributed by atoms with E-state index in [4.69, 9.17) is 9.72 Å². The number of fused-ring (bicyclic) bond motifs is 1. The molecular formula is C24H28N4O2. The Kier molecular flexibility index (Phi) is 5.97. The van der Waals surface area contributed by atoms with Crippen LogP contribution in [0, 0.1) is 13.8 Å². The van der Waals surface area contributed by atoms with Crippen LogP contribution >= 0.6 is 0 Å². The van der Waals surface area contributed by atoms with Gasteiger partial charge in [-0.2, -0.15) is 0 Å². The van der Waals surface area contributed by atoms with Crippen molar-refractivity contribution in [3.05, 3.63) is 87.3 Å². The van der Waals surface area contributed by atoms with Gasteiger partial charge >= 0.3 is 0 Å². The molecule has 30 heavy (non-hydrogen) atoms. The number of benzene rings is 2. The molecule has 3 aromatic rings. The van der Waals surface area contributed by atoms with E-state index in [-0.39, 0.29) is 5.56 Å². The fourth-order valence-electron chi connectivity index (χ4n) is 3.89. The van der Waals surface area contributed by atoms with Crippen molar-refractivity contribution in [2.24, 2.45) is 0 Å². The average Bonchev–Trinajstić information content (AvgIpc) is 2.76. The zero-order valence-electron chi connectivity index (χ0n) is 17.8. The van der Waals surface area contributed by atoms with Crippen molar-refractivity contribution < 1.29 is 4.74 Å². The molecule has 0 aliphatic carbocycles. The summed E-state index contributed by atoms with van der Waals surface area (Å²) in [6.07, 6.45) is 0.585. The Bertz CT molecular complexity index is 1080. The standard InChI is InChI=1S/C24H28N4O2/c1-18-8-7-11-21(14-18)27-16-26(12-13-30-3)17-28-23(29)22(19(2)25-24(27)28)15-20-9-5-4-6-10-20/h4-11,14H,12-13,15-17H2,1-3H3. The van der Waals surface area contributed by atoms with Gasteiger partial charge in [0.2, 0.25) is 5.95 Å². The first-order valence-electron chi connectivity index (χ1n) is 10.3. The van der Waals surface area contributed by atoms with Gasteiger partial charge in [-0.05, 0) is 37.1 Å². The highest BCUT2D eigenvalue weighted by atomic mass is 16.5. The van der Waals surface area contributed by atoms with Crippen LogP contribution in [0.5, 0.6) is 0 Å². The molecule has 0 atom stereocenters. The van der Waals surface area contributed by atoms with Gasteiger partial charge < -0.3 is 4.74 Å². The maximum Gasteiger partial charge on any atom is 0.259 e. The van der Waals surface area contributed by atoms with Gasteiger partial charge in [0.1, 0.15) is 0 Å². The molecular weight excluding hydrogens is 376 g/mol. The van der Waals surface area contributed by atoms with E-state index in [9.17, 15) is 4.79 Å². The van der Waals surface area contributed by atoms with Crippen LogP contribution in [0.15, 0.2) is 59.4 Å². The molecule has 156 valence electrons. The molecule has 4 rings (SSSR count). The lowest BCUT2D eigenvalue weighted by molar-refractivity contribution is 0.121. The van der Waals surface area contributed by atoms with Crippen molar-refractivity contribution in [2.75, 3.05) is 31.8 Å². The number of rotatable bonds is 6. The molecule has 1 aromatic heterocycles. The minimum absolute atomic E-state index is 0.0288. The van der Waals surface area contributed by atoms with Gasteiger partial charge in [0.25, 0.3) is 5.56 Å². The predicted molar refractivity (Wildman–Crippen MR) is 119 cm³/mol. The largest absolute Gasteiger partial charge is 0.383 e. The number of methoxy groups -OCH3 is 1. The molecule has 0 bridgehead atoms. The molecule has 0 N–H and O–H groups in total. The minimum atomic E-state index is 0.0288. The highest BCUT2D eigenvalue weighted by Gasteiger charge is 2.27. The molecule has 2 aromatic carbocycles. The Morgan fingerprint density at radius 3 is 2.57 bits per heavy atom. The third-order valence-corrected chi connectivity index (χ3v) is 5.52. The first kappa shape index (κ1) is 20.3. The quantitative estimate of drug-likeness (QED) is 0.630. The van der Waals surface area contributed by atoms with E-state index in [1.165, 1.54) is 5.56 Å². The van der Waals surface area contributed by atoms with E-state index in [1.807, 2.05) is 43.3 Å². The minimum Gasteiger partial charge on any atom is -0.383 e. The Morgan fingerprint density at radius 2 is 1.83 bits per heavy atom. The molecule has 6 heteroatoms. The second kappa shape index (κ2) is 8.81. The fourth-order valence-corrected chi connectivity index (χ4v) is 3.89. The van der Waals surface area contributed by atoms with Crippen LogP contribution in [0.2, 0.25) is 0 Å². The third-order valence-electron chi connectivity index (χ3n) is 5.52. The average molecular weight is 405 g/mol. The lowest BCUT2D eigenvalue weighted by Crippen LogP contribution is -2.48. The summed E-state index contributed by atoms with van der Waals surface area (Å²) < 4.78 is 7.08. The van der Waals surface area contributed by atoms with Crippen molar-refractivity contribution in [3.63, 3.8) is 0 Å². The van der Waals surface area contributed by atoms with E-state index in [2.05, 4.69) is 34.9 Å². The number of aromatic nitrogens is 2. The summed E-state index contributed by atoms with van der Waals surface area (Å²) in [5.74, 6) is 0.702. The molecule has 0 spiro atoms. The summed E-state index contributed by atoms with van der Waals surface area (Å²) in [4.78, 5) is 22.8. The summed E-state index contributed by atoms with van der Waals surface area (Å²) in [6.45, 7) is 6.54. The fraction of sp³-hybridized carbons (Fsp3) is 0.333. The number of hydrogen-bond acceptors (Lipinski definition) is 5. The first-order valence-corrected chi connectivity index (χ1v) is 10.3. The van der Waals surface area contributed by atoms with Crippen molar-refractivity contribution in [1.29, 1.82) is 0 Å². The van der Waals surface area contributed by atoms with Crippen LogP contribution in [0.1, 0.15) is 22.4 Å². The molecule has 0 amide bonds. The summed E-state index contributed by atoms with van der Waals surface area (Å²) in [5.41, 5.74) is 4.89. The number of ether oxygens (including phenoxy) is 1. The highest BCUT2D eigenvalue weighted by Crippen LogP contribution is 2.28. The van der Waals surface area contributed by atoms with Crippen LogP contribution in [0.4, 0.5) is 11.6 Å². The Labute approximate surface area is 177 Å². The van der Waals surface area contributed by atoms with Gasteiger partial charge in [-0.15, -0.1) is 0 Å². The SMILES string of the molecule is COCCN1CN(c2cccc(C)c2)c2nc(C)c(Cc3ccccc3)c(=O)n2C1. The topological polar surface area (TPSA) is 50.6 Å². The normalized spacial score (nSPS) is 14.0. The van der Waals surface area contributed by atoms with Crippen LogP contribution in [0.3, 0.4) is 0 Å². The molecule has 0 saturated carbocycles. The van der Waals surface area contributed by atoms with Gasteiger partial charge in [-0.3, -0.25) is 19.2 Å². The van der Waals surface area contributed by atoms with Crippen molar-refractivity contribution >= 4 is 11.6 Å². The lowest BCUT2D eigenvalue weighted by Gasteiger charge is -2.38. The second-order valence-corrected chi connectivity index (χ2v) is 7.81. The van der Waals surface area contributed by atoms with E-state index < -0.39 is 0 Å². The second-order valence-electron chi connectivity index (χ2n) is 7.81. The van der Waals surface area contributed by atoms with E-state index in [1.54, 1.807) is 11.7 Å². The van der Waals surface area contributed by atoms with Crippen molar-refractivity contribution in [2.45, 2.75) is 26.9 Å². The van der Waals surface area contributed by atoms with E-state index >= 15 is 0 Å². The monoisotopic (exact) mass is 404 g/mol. The number of aryl methyl sites for hydroxylation is 2. The number of anilines is 2. The van der Waals surface area contributed by atoms with Crippen molar-refractivity contribution in [3.8, 4) is 0 Å². The smallest absolute Gasteiger partial charge is 0.259 e. The summed E-state index contributed by atoms with van der Waals surface area (Å²) >= 11 is 0. The van der Waals surface area contributed by atoms with Crippen LogP contribution in [-0.2, 0) is 17.8 Å². The predicted octanol–water partition coefficient (Wildman–Crippen LogP) is 3.47. The van der Waals surface area contributed by atoms with Gasteiger partial charge in [-0.1, -0.05) is 42.5 Å². The summed E-state index contributed by atoms with van der Waals surface area (Å²) in [6, 6.07) is 18.4. The maximum atomic E-state index is 13.5. The van der Waals surface area contributed by atoms with Gasteiger partial charge in [-0.25, -0.2) is 4.98 Å². The lowest BCUT2D eigenvalue weighted by atomic mass is 10.1. The molecule has 6 nitrogen and oxygen atoms in total. The molecule has 0 radical (unpaired) electrons. The summed E-state index contributed by atoms with van der Waals surface area (Å²) in [5, 5.41) is 0. The molecule has 0 unspecified atom stereocenters. The van der Waals surface area contributed by atoms with Crippen LogP contribution in [0.25, 0.3) is 0 Å². The molecule has 2 heterocycles. The molecule has 1 aliphatic rings. The van der Waals surface area contributed by atoms with Gasteiger partial charge in [0.05, 0.1) is 25.6 Å². The zero-order valence-corrected chi connectivity index (χ0v) is 17.8. The Hall–Kier alpha value is -2.96.